The van der Waals surface area contributed by atoms with E-state index in [9.17, 15) is 0 Å². The molecule has 0 bridgehead atoms. The van der Waals surface area contributed by atoms with Crippen molar-refractivity contribution in [1.29, 1.82) is 0 Å². The predicted molar refractivity (Wildman–Crippen MR) is 94.4 cm³/mol. The Bertz CT molecular complexity index is 387. The molecule has 0 radical (unpaired) electrons. The normalized spacial score (nSPS) is 17.8. The Hall–Kier alpha value is -0.490. The molecule has 0 atom stereocenters. The van der Waals surface area contributed by atoms with Crippen molar-refractivity contribution in [1.82, 2.24) is 0 Å². The van der Waals surface area contributed by atoms with Gasteiger partial charge in [-0.15, -0.1) is 11.6 Å². The van der Waals surface area contributed by atoms with E-state index in [4.69, 9.17) is 11.6 Å². The highest BCUT2D eigenvalue weighted by molar-refractivity contribution is 6.17. The molecule has 1 aromatic carbocycles. The molecular weight excluding hydrogens is 276 g/mol. The van der Waals surface area contributed by atoms with E-state index >= 15 is 0 Å². The predicted octanol–water partition coefficient (Wildman–Crippen LogP) is 6.64. The largest absolute Gasteiger partial charge is 0.127 e. The Kier molecular flexibility index (Phi) is 7.10. The van der Waals surface area contributed by atoms with Crippen LogP contribution in [0.1, 0.15) is 82.3 Å². The minimum Gasteiger partial charge on any atom is -0.127 e. The van der Waals surface area contributed by atoms with Crippen LogP contribution in [0.25, 0.3) is 0 Å². The Labute approximate surface area is 136 Å². The molecule has 118 valence electrons. The Morgan fingerprint density at radius 3 is 2.29 bits per heavy atom. The summed E-state index contributed by atoms with van der Waals surface area (Å²) < 4.78 is 0. The van der Waals surface area contributed by atoms with Crippen LogP contribution in [0.3, 0.4) is 0 Å². The first kappa shape index (κ1) is 16.9. The van der Waals surface area contributed by atoms with Crippen molar-refractivity contribution in [2.24, 2.45) is 0 Å². The van der Waals surface area contributed by atoms with Gasteiger partial charge in [-0.3, -0.25) is 0 Å². The number of benzene rings is 1. The van der Waals surface area contributed by atoms with E-state index in [1.165, 1.54) is 63.4 Å². The molecule has 0 unspecified atom stereocenters. The highest BCUT2D eigenvalue weighted by atomic mass is 35.5. The molecule has 1 aromatic rings. The minimum atomic E-state index is 0.485. The molecule has 0 N–H and O–H groups in total. The van der Waals surface area contributed by atoms with Gasteiger partial charge in [0.1, 0.15) is 0 Å². The monoisotopic (exact) mass is 306 g/mol. The molecule has 0 amide bonds. The molecule has 1 aliphatic carbocycles. The summed E-state index contributed by atoms with van der Waals surface area (Å²) in [7, 11) is 0. The molecule has 0 spiro atoms. The molecule has 0 saturated heterocycles. The summed E-state index contributed by atoms with van der Waals surface area (Å²) >= 11 is 5.80. The van der Waals surface area contributed by atoms with Gasteiger partial charge in [0.25, 0.3) is 0 Å². The average Bonchev–Trinajstić information content (AvgIpc) is 2.54. The van der Waals surface area contributed by atoms with Crippen LogP contribution in [0, 0.1) is 0 Å². The molecular formula is C20H31Cl. The lowest BCUT2D eigenvalue weighted by atomic mass is 9.66. The van der Waals surface area contributed by atoms with Gasteiger partial charge in [0.05, 0.1) is 0 Å². The van der Waals surface area contributed by atoms with Crippen molar-refractivity contribution < 1.29 is 0 Å². The second kappa shape index (κ2) is 8.83. The van der Waals surface area contributed by atoms with Gasteiger partial charge < -0.3 is 0 Å². The highest BCUT2D eigenvalue weighted by Gasteiger charge is 2.32. The maximum absolute atomic E-state index is 5.80. The van der Waals surface area contributed by atoms with Crippen molar-refractivity contribution in [2.45, 2.75) is 83.0 Å². The summed E-state index contributed by atoms with van der Waals surface area (Å²) in [6, 6.07) is 9.53. The van der Waals surface area contributed by atoms with Crippen molar-refractivity contribution in [3.05, 3.63) is 35.4 Å². The zero-order valence-electron chi connectivity index (χ0n) is 13.7. The minimum absolute atomic E-state index is 0.485. The zero-order valence-corrected chi connectivity index (χ0v) is 14.4. The molecule has 2 rings (SSSR count). The van der Waals surface area contributed by atoms with Crippen LogP contribution >= 0.6 is 11.6 Å². The second-order valence-electron chi connectivity index (χ2n) is 6.79. The van der Waals surface area contributed by atoms with Gasteiger partial charge in [-0.25, -0.2) is 0 Å². The molecule has 0 aliphatic heterocycles. The smallest absolute Gasteiger partial charge is 0.0226 e. The number of halogens is 1. The third kappa shape index (κ3) is 4.74. The molecule has 1 fully saturated rings. The number of rotatable bonds is 8. The third-order valence-electron chi connectivity index (χ3n) is 5.23. The summed E-state index contributed by atoms with van der Waals surface area (Å²) in [5.74, 6) is 0.767. The maximum Gasteiger partial charge on any atom is 0.0226 e. The maximum atomic E-state index is 5.80. The van der Waals surface area contributed by atoms with Gasteiger partial charge in [-0.2, -0.15) is 0 Å². The van der Waals surface area contributed by atoms with Crippen molar-refractivity contribution in [3.8, 4) is 0 Å². The Balaban J connectivity index is 2.08. The lowest BCUT2D eigenvalue weighted by molar-refractivity contribution is 0.266. The summed E-state index contributed by atoms with van der Waals surface area (Å²) in [5.41, 5.74) is 3.53. The topological polar surface area (TPSA) is 0 Å². The Morgan fingerprint density at radius 2 is 1.67 bits per heavy atom. The van der Waals surface area contributed by atoms with Crippen LogP contribution < -0.4 is 0 Å². The van der Waals surface area contributed by atoms with Crippen molar-refractivity contribution in [2.75, 3.05) is 5.88 Å². The van der Waals surface area contributed by atoms with Gasteiger partial charge in [0.15, 0.2) is 0 Å². The molecule has 21 heavy (non-hydrogen) atoms. The lowest BCUT2D eigenvalue weighted by Gasteiger charge is -2.38. The lowest BCUT2D eigenvalue weighted by Crippen LogP contribution is -2.29. The molecule has 1 aliphatic rings. The van der Waals surface area contributed by atoms with Crippen molar-refractivity contribution >= 4 is 11.6 Å². The van der Waals surface area contributed by atoms with E-state index in [0.717, 1.165) is 18.7 Å². The van der Waals surface area contributed by atoms with Crippen LogP contribution in [0.5, 0.6) is 0 Å². The number of unbranched alkanes of at least 4 members (excludes halogenated alkanes) is 2. The average molecular weight is 307 g/mol. The van der Waals surface area contributed by atoms with Crippen LogP contribution in [0.2, 0.25) is 0 Å². The number of hydrogen-bond acceptors (Lipinski definition) is 0. The first-order chi connectivity index (χ1) is 10.3. The fourth-order valence-corrected chi connectivity index (χ4v) is 4.05. The molecule has 0 aromatic heterocycles. The highest BCUT2D eigenvalue weighted by Crippen LogP contribution is 2.43. The van der Waals surface area contributed by atoms with Crippen LogP contribution in [0.15, 0.2) is 24.3 Å². The van der Waals surface area contributed by atoms with Crippen LogP contribution in [-0.4, -0.2) is 5.88 Å². The molecule has 0 nitrogen and oxygen atoms in total. The van der Waals surface area contributed by atoms with Crippen LogP contribution in [-0.2, 0) is 11.8 Å². The number of hydrogen-bond donors (Lipinski definition) is 0. The summed E-state index contributed by atoms with van der Waals surface area (Å²) in [5, 5.41) is 0. The third-order valence-corrected chi connectivity index (χ3v) is 5.50. The quantitative estimate of drug-likeness (QED) is 0.373. The van der Waals surface area contributed by atoms with Crippen LogP contribution in [0.4, 0.5) is 0 Å². The van der Waals surface area contributed by atoms with E-state index in [0.29, 0.717) is 5.41 Å². The first-order valence-corrected chi connectivity index (χ1v) is 9.49. The van der Waals surface area contributed by atoms with E-state index in [1.54, 1.807) is 5.56 Å². The molecule has 1 saturated carbocycles. The van der Waals surface area contributed by atoms with Gasteiger partial charge >= 0.3 is 0 Å². The summed E-state index contributed by atoms with van der Waals surface area (Å²) in [4.78, 5) is 0. The van der Waals surface area contributed by atoms with Gasteiger partial charge in [-0.1, -0.05) is 69.7 Å². The first-order valence-electron chi connectivity index (χ1n) is 8.96. The number of alkyl halides is 1. The second-order valence-corrected chi connectivity index (χ2v) is 7.17. The number of aryl methyl sites for hydroxylation is 1. The van der Waals surface area contributed by atoms with E-state index in [2.05, 4.69) is 31.2 Å². The summed E-state index contributed by atoms with van der Waals surface area (Å²) in [6.07, 6.45) is 14.8. The van der Waals surface area contributed by atoms with E-state index < -0.39 is 0 Å². The zero-order chi connectivity index (χ0) is 15.0. The SMILES string of the molecule is CCCCCC1(c2ccc(CCCCl)cc2)CCCCC1. The fraction of sp³-hybridized carbons (Fsp3) is 0.700. The van der Waals surface area contributed by atoms with Gasteiger partial charge in [-0.05, 0) is 48.6 Å². The van der Waals surface area contributed by atoms with Gasteiger partial charge in [0, 0.05) is 5.88 Å². The fourth-order valence-electron chi connectivity index (χ4n) is 3.92. The van der Waals surface area contributed by atoms with Gasteiger partial charge in [0.2, 0.25) is 0 Å². The standard InChI is InChI=1S/C20H31Cl/c1-2-3-5-14-20(15-6-4-7-16-20)19-12-10-18(11-13-19)9-8-17-21/h10-13H,2-9,14-17H2,1H3. The molecule has 0 heterocycles. The van der Waals surface area contributed by atoms with Crippen molar-refractivity contribution in [3.63, 3.8) is 0 Å². The Morgan fingerprint density at radius 1 is 0.952 bits per heavy atom. The van der Waals surface area contributed by atoms with E-state index in [1.807, 2.05) is 0 Å². The van der Waals surface area contributed by atoms with E-state index in [-0.39, 0.29) is 0 Å². The summed E-state index contributed by atoms with van der Waals surface area (Å²) in [6.45, 7) is 2.30. The molecule has 1 heteroatoms.